The van der Waals surface area contributed by atoms with E-state index in [1.165, 1.54) is 0 Å². The number of hydrogen-bond acceptors (Lipinski definition) is 3. The summed E-state index contributed by atoms with van der Waals surface area (Å²) in [4.78, 5) is 11.6. The van der Waals surface area contributed by atoms with E-state index in [9.17, 15) is 13.2 Å². The van der Waals surface area contributed by atoms with Crippen molar-refractivity contribution in [1.29, 1.82) is 0 Å². The molecule has 0 aliphatic carbocycles. The number of nitrogens with one attached hydrogen (secondary N) is 2. The molecular formula is C16H15ClN2O3S. The Morgan fingerprint density at radius 1 is 1.22 bits per heavy atom. The Kier molecular flexibility index (Phi) is 4.04. The molecule has 5 nitrogen and oxygen atoms in total. The summed E-state index contributed by atoms with van der Waals surface area (Å²) in [7, 11) is -3.60. The average molecular weight is 351 g/mol. The van der Waals surface area contributed by atoms with E-state index in [4.69, 9.17) is 11.6 Å². The lowest BCUT2D eigenvalue weighted by molar-refractivity contribution is -0.116. The largest absolute Gasteiger partial charge is 0.325 e. The normalized spacial score (nSPS) is 16.8. The van der Waals surface area contributed by atoms with Crippen LogP contribution in [0.4, 0.5) is 11.4 Å². The van der Waals surface area contributed by atoms with Gasteiger partial charge in [0.2, 0.25) is 15.9 Å². The number of carbonyl (C=O) groups excluding carboxylic acids is 1. The number of sulfonamides is 1. The topological polar surface area (TPSA) is 75.3 Å². The zero-order valence-electron chi connectivity index (χ0n) is 12.3. The smallest absolute Gasteiger partial charge is 0.236 e. The van der Waals surface area contributed by atoms with Gasteiger partial charge in [-0.15, -0.1) is 0 Å². The van der Waals surface area contributed by atoms with Crippen LogP contribution in [0.25, 0.3) is 0 Å². The van der Waals surface area contributed by atoms with Gasteiger partial charge in [-0.25, -0.2) is 8.42 Å². The summed E-state index contributed by atoms with van der Waals surface area (Å²) in [6.07, 6.45) is 0. The highest BCUT2D eigenvalue weighted by molar-refractivity contribution is 7.91. The molecule has 1 atom stereocenters. The third-order valence-electron chi connectivity index (χ3n) is 3.75. The first-order valence-electron chi connectivity index (χ1n) is 7.04. The van der Waals surface area contributed by atoms with Crippen molar-refractivity contribution in [3.05, 3.63) is 58.6 Å². The van der Waals surface area contributed by atoms with E-state index in [0.717, 1.165) is 11.3 Å². The molecule has 1 unspecified atom stereocenters. The highest BCUT2D eigenvalue weighted by Gasteiger charge is 2.27. The molecule has 0 fully saturated rings. The Hall–Kier alpha value is -2.05. The molecule has 1 heterocycles. The van der Waals surface area contributed by atoms with Crippen molar-refractivity contribution >= 4 is 38.9 Å². The second-order valence-electron chi connectivity index (χ2n) is 5.47. The Morgan fingerprint density at radius 3 is 2.70 bits per heavy atom. The molecule has 0 radical (unpaired) electrons. The molecule has 1 amide bonds. The molecule has 3 rings (SSSR count). The van der Waals surface area contributed by atoms with Gasteiger partial charge in [-0.1, -0.05) is 29.8 Å². The molecule has 0 saturated carbocycles. The molecular weight excluding hydrogens is 336 g/mol. The first-order chi connectivity index (χ1) is 10.9. The summed E-state index contributed by atoms with van der Waals surface area (Å²) < 4.78 is 27.2. The highest BCUT2D eigenvalue weighted by Crippen LogP contribution is 2.34. The molecule has 1 aliphatic heterocycles. The van der Waals surface area contributed by atoms with E-state index in [0.29, 0.717) is 16.3 Å². The van der Waals surface area contributed by atoms with Crippen LogP contribution in [0.15, 0.2) is 42.5 Å². The number of hydrogen-bond donors (Lipinski definition) is 2. The number of fused-ring (bicyclic) bond motifs is 1. The van der Waals surface area contributed by atoms with Crippen LogP contribution in [-0.4, -0.2) is 14.3 Å². The molecule has 0 aromatic heterocycles. The molecule has 2 aromatic rings. The van der Waals surface area contributed by atoms with Crippen LogP contribution in [0.3, 0.4) is 0 Å². The van der Waals surface area contributed by atoms with Crippen LogP contribution in [0.1, 0.15) is 24.0 Å². The van der Waals surface area contributed by atoms with Crippen LogP contribution in [0.5, 0.6) is 0 Å². The molecule has 0 bridgehead atoms. The number of carbonyl (C=O) groups is 1. The summed E-state index contributed by atoms with van der Waals surface area (Å²) in [5.41, 5.74) is 2.47. The van der Waals surface area contributed by atoms with Crippen molar-refractivity contribution in [3.63, 3.8) is 0 Å². The van der Waals surface area contributed by atoms with Crippen LogP contribution in [0, 0.1) is 0 Å². The van der Waals surface area contributed by atoms with E-state index in [1.54, 1.807) is 49.4 Å². The van der Waals surface area contributed by atoms with E-state index >= 15 is 0 Å². The Labute approximate surface area is 139 Å². The zero-order chi connectivity index (χ0) is 16.6. The maximum absolute atomic E-state index is 12.3. The van der Waals surface area contributed by atoms with Crippen LogP contribution in [0.2, 0.25) is 5.02 Å². The predicted octanol–water partition coefficient (Wildman–Crippen LogP) is 3.34. The van der Waals surface area contributed by atoms with E-state index in [1.807, 2.05) is 0 Å². The molecule has 120 valence electrons. The van der Waals surface area contributed by atoms with E-state index in [-0.39, 0.29) is 17.6 Å². The fourth-order valence-electron chi connectivity index (χ4n) is 2.52. The minimum Gasteiger partial charge on any atom is -0.325 e. The van der Waals surface area contributed by atoms with Crippen LogP contribution in [-0.2, 0) is 20.6 Å². The zero-order valence-corrected chi connectivity index (χ0v) is 13.9. The lowest BCUT2D eigenvalue weighted by Gasteiger charge is -2.11. The van der Waals surface area contributed by atoms with Gasteiger partial charge in [0.25, 0.3) is 0 Å². The van der Waals surface area contributed by atoms with E-state index < -0.39 is 10.0 Å². The van der Waals surface area contributed by atoms with Gasteiger partial charge in [0.1, 0.15) is 0 Å². The fraction of sp³-hybridized carbons (Fsp3) is 0.188. The monoisotopic (exact) mass is 350 g/mol. The van der Waals surface area contributed by atoms with Gasteiger partial charge in [0, 0.05) is 16.4 Å². The average Bonchev–Trinajstić information content (AvgIpc) is 2.76. The minimum absolute atomic E-state index is 0.0870. The second-order valence-corrected chi connectivity index (χ2v) is 7.60. The lowest BCUT2D eigenvalue weighted by atomic mass is 10.0. The van der Waals surface area contributed by atoms with Crippen molar-refractivity contribution < 1.29 is 13.2 Å². The van der Waals surface area contributed by atoms with Crippen molar-refractivity contribution in [3.8, 4) is 0 Å². The Morgan fingerprint density at radius 2 is 1.96 bits per heavy atom. The Balaban J connectivity index is 1.82. The van der Waals surface area contributed by atoms with Crippen LogP contribution < -0.4 is 10.0 Å². The third-order valence-corrected chi connectivity index (χ3v) is 5.35. The van der Waals surface area contributed by atoms with Crippen molar-refractivity contribution in [2.75, 3.05) is 10.0 Å². The lowest BCUT2D eigenvalue weighted by Crippen LogP contribution is -2.15. The Bertz CT molecular complexity index is 881. The molecule has 1 aliphatic rings. The summed E-state index contributed by atoms with van der Waals surface area (Å²) in [6.45, 7) is 1.78. The van der Waals surface area contributed by atoms with Gasteiger partial charge >= 0.3 is 0 Å². The van der Waals surface area contributed by atoms with Crippen molar-refractivity contribution in [1.82, 2.24) is 0 Å². The van der Waals surface area contributed by atoms with Gasteiger partial charge < -0.3 is 5.32 Å². The first kappa shape index (κ1) is 15.8. The molecule has 2 N–H and O–H groups in total. The minimum atomic E-state index is -3.60. The van der Waals surface area contributed by atoms with Gasteiger partial charge in [-0.3, -0.25) is 9.52 Å². The van der Waals surface area contributed by atoms with Gasteiger partial charge in [-0.2, -0.15) is 0 Å². The van der Waals surface area contributed by atoms with Crippen molar-refractivity contribution in [2.24, 2.45) is 0 Å². The van der Waals surface area contributed by atoms with Gasteiger partial charge in [-0.05, 0) is 42.3 Å². The molecule has 7 heteroatoms. The van der Waals surface area contributed by atoms with Crippen LogP contribution >= 0.6 is 11.6 Å². The maximum Gasteiger partial charge on any atom is 0.236 e. The molecule has 0 spiro atoms. The van der Waals surface area contributed by atoms with E-state index in [2.05, 4.69) is 10.0 Å². The summed E-state index contributed by atoms with van der Waals surface area (Å²) >= 11 is 6.01. The second kappa shape index (κ2) is 5.86. The summed E-state index contributed by atoms with van der Waals surface area (Å²) in [5.74, 6) is -0.592. The standard InChI is InChI=1S/C16H15ClN2O3S/c1-10-13-8-12(6-7-15(13)18-16(10)20)19-23(21,22)9-11-4-2-3-5-14(11)17/h2-8,10,19H,9H2,1H3,(H,18,20). The quantitative estimate of drug-likeness (QED) is 0.888. The maximum atomic E-state index is 12.3. The number of benzene rings is 2. The van der Waals surface area contributed by atoms with Gasteiger partial charge in [0.15, 0.2) is 0 Å². The molecule has 23 heavy (non-hydrogen) atoms. The molecule has 2 aromatic carbocycles. The highest BCUT2D eigenvalue weighted by atomic mass is 35.5. The number of rotatable bonds is 4. The number of amides is 1. The SMILES string of the molecule is CC1C(=O)Nc2ccc(NS(=O)(=O)Cc3ccccc3Cl)cc21. The first-order valence-corrected chi connectivity index (χ1v) is 9.07. The molecule has 0 saturated heterocycles. The number of anilines is 2. The van der Waals surface area contributed by atoms with Gasteiger partial charge in [0.05, 0.1) is 11.7 Å². The summed E-state index contributed by atoms with van der Waals surface area (Å²) in [6, 6.07) is 11.8. The predicted molar refractivity (Wildman–Crippen MR) is 91.2 cm³/mol. The summed E-state index contributed by atoms with van der Waals surface area (Å²) in [5, 5.41) is 3.16. The van der Waals surface area contributed by atoms with Crippen molar-refractivity contribution in [2.45, 2.75) is 18.6 Å². The fourth-order valence-corrected chi connectivity index (χ4v) is 4.02. The third kappa shape index (κ3) is 3.33. The number of halogens is 1.